The molecule has 0 aliphatic heterocycles. The smallest absolute Gasteiger partial charge is 0.318 e. The van der Waals surface area contributed by atoms with Crippen LogP contribution < -0.4 is 0 Å². The monoisotopic (exact) mass is 275 g/mol. The second kappa shape index (κ2) is 9.01. The zero-order valence-electron chi connectivity index (χ0n) is 12.3. The molecular formula is C13H25NO5. The highest BCUT2D eigenvalue weighted by Crippen LogP contribution is 2.19. The molecule has 0 saturated heterocycles. The molecule has 6 heteroatoms. The standard InChI is InChI=1S/C13H25NO5/c1-5-14(6-8-19-9-7-15)10-11(16)13(2,3)12(17)18-4/h15H,5-10H2,1-4H3. The number of aliphatic hydroxyl groups excluding tert-OH is 1. The fourth-order valence-corrected chi connectivity index (χ4v) is 1.48. The topological polar surface area (TPSA) is 76.1 Å². The van der Waals surface area contributed by atoms with Crippen molar-refractivity contribution in [1.29, 1.82) is 0 Å². The molecule has 1 N–H and O–H groups in total. The maximum absolute atomic E-state index is 12.1. The summed E-state index contributed by atoms with van der Waals surface area (Å²) < 4.78 is 9.79. The van der Waals surface area contributed by atoms with Crippen molar-refractivity contribution in [3.05, 3.63) is 0 Å². The third-order valence-corrected chi connectivity index (χ3v) is 2.99. The molecule has 0 aromatic rings. The summed E-state index contributed by atoms with van der Waals surface area (Å²) in [6, 6.07) is 0. The molecule has 0 amide bonds. The summed E-state index contributed by atoms with van der Waals surface area (Å²) in [4.78, 5) is 25.5. The van der Waals surface area contributed by atoms with Crippen LogP contribution in [0.4, 0.5) is 0 Å². The molecule has 0 rings (SSSR count). The Morgan fingerprint density at radius 3 is 2.37 bits per heavy atom. The molecule has 6 nitrogen and oxygen atoms in total. The maximum atomic E-state index is 12.1. The summed E-state index contributed by atoms with van der Waals surface area (Å²) in [7, 11) is 1.28. The summed E-state index contributed by atoms with van der Waals surface area (Å²) in [5.41, 5.74) is -1.13. The minimum atomic E-state index is -1.13. The molecule has 0 saturated carbocycles. The van der Waals surface area contributed by atoms with Crippen molar-refractivity contribution >= 4 is 11.8 Å². The van der Waals surface area contributed by atoms with E-state index < -0.39 is 11.4 Å². The third-order valence-electron chi connectivity index (χ3n) is 2.99. The molecule has 0 atom stereocenters. The van der Waals surface area contributed by atoms with Crippen molar-refractivity contribution in [3.8, 4) is 0 Å². The Morgan fingerprint density at radius 1 is 1.26 bits per heavy atom. The number of rotatable bonds is 10. The Bertz CT molecular complexity index is 291. The van der Waals surface area contributed by atoms with E-state index in [4.69, 9.17) is 9.84 Å². The molecule has 0 bridgehead atoms. The number of carbonyl (C=O) groups is 2. The summed E-state index contributed by atoms with van der Waals surface area (Å²) >= 11 is 0. The number of ether oxygens (including phenoxy) is 2. The summed E-state index contributed by atoms with van der Waals surface area (Å²) in [6.45, 7) is 7.24. The van der Waals surface area contributed by atoms with Crippen LogP contribution in [-0.2, 0) is 19.1 Å². The van der Waals surface area contributed by atoms with Crippen molar-refractivity contribution < 1.29 is 24.2 Å². The quantitative estimate of drug-likeness (QED) is 0.346. The molecule has 0 aromatic carbocycles. The zero-order valence-corrected chi connectivity index (χ0v) is 12.3. The highest BCUT2D eigenvalue weighted by molar-refractivity contribution is 6.03. The average Bonchev–Trinajstić information content (AvgIpc) is 2.40. The van der Waals surface area contributed by atoms with Crippen molar-refractivity contribution in [3.63, 3.8) is 0 Å². The van der Waals surface area contributed by atoms with Gasteiger partial charge in [-0.15, -0.1) is 0 Å². The molecule has 0 unspecified atom stereocenters. The van der Waals surface area contributed by atoms with E-state index in [9.17, 15) is 9.59 Å². The average molecular weight is 275 g/mol. The van der Waals surface area contributed by atoms with Gasteiger partial charge in [0.15, 0.2) is 5.78 Å². The Labute approximate surface area is 114 Å². The van der Waals surface area contributed by atoms with Crippen LogP contribution in [0.5, 0.6) is 0 Å². The van der Waals surface area contributed by atoms with E-state index in [1.54, 1.807) is 13.8 Å². The van der Waals surface area contributed by atoms with Gasteiger partial charge in [-0.25, -0.2) is 0 Å². The zero-order chi connectivity index (χ0) is 14.9. The van der Waals surface area contributed by atoms with Crippen molar-refractivity contribution in [2.45, 2.75) is 20.8 Å². The highest BCUT2D eigenvalue weighted by atomic mass is 16.5. The van der Waals surface area contributed by atoms with E-state index in [1.807, 2.05) is 11.8 Å². The fraction of sp³-hybridized carbons (Fsp3) is 0.846. The Kier molecular flexibility index (Phi) is 8.54. The van der Waals surface area contributed by atoms with E-state index in [0.717, 1.165) is 0 Å². The minimum Gasteiger partial charge on any atom is -0.468 e. The van der Waals surface area contributed by atoms with Crippen LogP contribution in [0.2, 0.25) is 0 Å². The lowest BCUT2D eigenvalue weighted by molar-refractivity contribution is -0.156. The minimum absolute atomic E-state index is 0.0135. The first-order valence-electron chi connectivity index (χ1n) is 6.42. The lowest BCUT2D eigenvalue weighted by Gasteiger charge is -2.25. The van der Waals surface area contributed by atoms with Crippen molar-refractivity contribution in [1.82, 2.24) is 4.90 Å². The number of Topliss-reactive ketones (excluding diaryl/α,β-unsaturated/α-hetero) is 1. The van der Waals surface area contributed by atoms with E-state index in [2.05, 4.69) is 4.74 Å². The summed E-state index contributed by atoms with van der Waals surface area (Å²) in [5, 5.41) is 8.58. The van der Waals surface area contributed by atoms with Gasteiger partial charge in [0.1, 0.15) is 5.41 Å². The van der Waals surface area contributed by atoms with E-state index in [-0.39, 0.29) is 18.9 Å². The van der Waals surface area contributed by atoms with Gasteiger partial charge in [0, 0.05) is 6.54 Å². The summed E-state index contributed by atoms with van der Waals surface area (Å²) in [5.74, 6) is -0.701. The first-order chi connectivity index (χ1) is 8.89. The molecule has 0 aromatic heterocycles. The third kappa shape index (κ3) is 6.13. The molecule has 0 fully saturated rings. The lowest BCUT2D eigenvalue weighted by atomic mass is 9.88. The normalized spacial score (nSPS) is 11.7. The van der Waals surface area contributed by atoms with Crippen LogP contribution in [0.1, 0.15) is 20.8 Å². The number of ketones is 1. The molecule has 0 heterocycles. The fourth-order valence-electron chi connectivity index (χ4n) is 1.48. The second-order valence-corrected chi connectivity index (χ2v) is 4.74. The van der Waals surface area contributed by atoms with Crippen LogP contribution in [0.3, 0.4) is 0 Å². The van der Waals surface area contributed by atoms with Crippen LogP contribution in [0.15, 0.2) is 0 Å². The maximum Gasteiger partial charge on any atom is 0.318 e. The van der Waals surface area contributed by atoms with Crippen LogP contribution in [-0.4, -0.2) is 68.3 Å². The number of methoxy groups -OCH3 is 1. The largest absolute Gasteiger partial charge is 0.468 e. The van der Waals surface area contributed by atoms with Gasteiger partial charge in [-0.2, -0.15) is 0 Å². The van der Waals surface area contributed by atoms with Crippen LogP contribution in [0, 0.1) is 5.41 Å². The predicted octanol–water partition coefficient (Wildman–Crippen LogP) is 0.0855. The number of likely N-dealkylation sites (N-methyl/N-ethyl adjacent to an activating group) is 1. The molecule has 0 aliphatic carbocycles. The number of esters is 1. The van der Waals surface area contributed by atoms with E-state index in [1.165, 1.54) is 7.11 Å². The van der Waals surface area contributed by atoms with Gasteiger partial charge in [-0.05, 0) is 20.4 Å². The molecule has 0 spiro atoms. The predicted molar refractivity (Wildman–Crippen MR) is 70.8 cm³/mol. The van der Waals surface area contributed by atoms with Gasteiger partial charge in [-0.1, -0.05) is 6.92 Å². The number of hydrogen-bond donors (Lipinski definition) is 1. The van der Waals surface area contributed by atoms with Gasteiger partial charge >= 0.3 is 5.97 Å². The number of aliphatic hydroxyl groups is 1. The Hall–Kier alpha value is -0.980. The van der Waals surface area contributed by atoms with Crippen molar-refractivity contribution in [2.75, 3.05) is 46.6 Å². The first kappa shape index (κ1) is 18.0. The van der Waals surface area contributed by atoms with Crippen molar-refractivity contribution in [2.24, 2.45) is 5.41 Å². The van der Waals surface area contributed by atoms with Gasteiger partial charge in [-0.3, -0.25) is 14.5 Å². The lowest BCUT2D eigenvalue weighted by Crippen LogP contribution is -2.42. The Balaban J connectivity index is 4.30. The van der Waals surface area contributed by atoms with Crippen LogP contribution >= 0.6 is 0 Å². The van der Waals surface area contributed by atoms with Crippen LogP contribution in [0.25, 0.3) is 0 Å². The number of carbonyl (C=O) groups excluding carboxylic acids is 2. The molecule has 0 radical (unpaired) electrons. The second-order valence-electron chi connectivity index (χ2n) is 4.74. The molecule has 112 valence electrons. The first-order valence-corrected chi connectivity index (χ1v) is 6.42. The van der Waals surface area contributed by atoms with Gasteiger partial charge in [0.2, 0.25) is 0 Å². The number of nitrogens with zero attached hydrogens (tertiary/aromatic N) is 1. The van der Waals surface area contributed by atoms with Gasteiger partial charge in [0.25, 0.3) is 0 Å². The van der Waals surface area contributed by atoms with Gasteiger partial charge < -0.3 is 14.6 Å². The van der Waals surface area contributed by atoms with Gasteiger partial charge in [0.05, 0.1) is 33.5 Å². The molecule has 19 heavy (non-hydrogen) atoms. The van der Waals surface area contributed by atoms with E-state index >= 15 is 0 Å². The highest BCUT2D eigenvalue weighted by Gasteiger charge is 2.37. The van der Waals surface area contributed by atoms with E-state index in [0.29, 0.717) is 26.3 Å². The summed E-state index contributed by atoms with van der Waals surface area (Å²) in [6.07, 6.45) is 0. The Morgan fingerprint density at radius 2 is 1.89 bits per heavy atom. The molecular weight excluding hydrogens is 250 g/mol. The number of hydrogen-bond acceptors (Lipinski definition) is 6. The molecule has 0 aliphatic rings. The SMILES string of the molecule is CCN(CCOCCO)CC(=O)C(C)(C)C(=O)OC.